The number of nitrogens with zero attached hydrogens (tertiary/aromatic N) is 4. The fraction of sp³-hybridized carbons (Fsp3) is 0.469. The molecule has 4 amide bonds. The molecule has 3 aliphatic heterocycles. The number of imidazole rings is 2. The van der Waals surface area contributed by atoms with Gasteiger partial charge in [0.25, 0.3) is 0 Å². The number of benzene rings is 3. The number of hydrogen-bond acceptors (Lipinski definition) is 8. The number of aromatic nitrogens is 4. The van der Waals surface area contributed by atoms with Crippen molar-refractivity contribution in [2.75, 3.05) is 7.11 Å². The molecule has 5 aliphatic rings. The second kappa shape index (κ2) is 16.4. The first-order chi connectivity index (χ1) is 30.8. The third-order valence-corrected chi connectivity index (χ3v) is 14.3. The number of methoxy groups -OCH3 is 1. The van der Waals surface area contributed by atoms with Gasteiger partial charge in [0.15, 0.2) is 0 Å². The van der Waals surface area contributed by atoms with Crippen LogP contribution in [-0.4, -0.2) is 102 Å². The van der Waals surface area contributed by atoms with E-state index in [2.05, 4.69) is 81.3 Å². The van der Waals surface area contributed by atoms with E-state index in [-0.39, 0.29) is 60.0 Å². The number of piperidine rings is 2. The number of carbonyl (C=O) groups is 4. The summed E-state index contributed by atoms with van der Waals surface area (Å²) in [6.07, 6.45) is 6.86. The number of aromatic amines is 2. The number of hydrogen-bond donors (Lipinski definition) is 5. The van der Waals surface area contributed by atoms with Gasteiger partial charge in [0.1, 0.15) is 23.7 Å². The molecule has 5 fully saturated rings. The van der Waals surface area contributed by atoms with Gasteiger partial charge in [-0.3, -0.25) is 9.59 Å². The SMILES string of the molecule is COC(=O)NC(C(=O)N1[C@@H]2C[C@@H]2C[C@H]1c1nc(-c2ccc3cc(-c4ccc(-c5c[nH]c([C@@H]6C[C@H]7C[C@H]7N6C(=O)[C@@H](NC(=O)O)C(C)C)n5)cc4)ccc3c2)c[nH]1)[C@H]1C[C@@H](C)O[C@@H](C)C1. The highest BCUT2D eigenvalue weighted by atomic mass is 16.5. The Kier molecular flexibility index (Phi) is 10.7. The quantitative estimate of drug-likeness (QED) is 0.0879. The molecule has 15 heteroatoms. The van der Waals surface area contributed by atoms with Crippen molar-refractivity contribution < 1.29 is 33.8 Å². The van der Waals surface area contributed by atoms with E-state index in [0.29, 0.717) is 24.7 Å². The van der Waals surface area contributed by atoms with Crippen LogP contribution in [0.2, 0.25) is 0 Å². The molecule has 334 valence electrons. The molecule has 0 radical (unpaired) electrons. The lowest BCUT2D eigenvalue weighted by atomic mass is 9.85. The van der Waals surface area contributed by atoms with Crippen LogP contribution in [0.5, 0.6) is 0 Å². The number of carboxylic acid groups (broad SMARTS) is 1. The summed E-state index contributed by atoms with van der Waals surface area (Å²) in [7, 11) is 1.32. The zero-order valence-electron chi connectivity index (χ0n) is 36.8. The molecular weight excluding hydrogens is 813 g/mol. The van der Waals surface area contributed by atoms with Gasteiger partial charge in [-0.2, -0.15) is 0 Å². The molecular formula is C49H56N8O7. The zero-order valence-corrected chi connectivity index (χ0v) is 36.8. The molecule has 3 saturated heterocycles. The van der Waals surface area contributed by atoms with Gasteiger partial charge in [-0.25, -0.2) is 19.6 Å². The Morgan fingerprint density at radius 3 is 1.78 bits per heavy atom. The largest absolute Gasteiger partial charge is 0.465 e. The Morgan fingerprint density at radius 2 is 1.22 bits per heavy atom. The van der Waals surface area contributed by atoms with Crippen molar-refractivity contribution in [3.05, 3.63) is 84.7 Å². The summed E-state index contributed by atoms with van der Waals surface area (Å²) in [5, 5.41) is 16.9. The summed E-state index contributed by atoms with van der Waals surface area (Å²) in [4.78, 5) is 72.7. The molecule has 2 saturated carbocycles. The average molecular weight is 869 g/mol. The molecule has 2 aromatic heterocycles. The molecule has 11 atom stereocenters. The highest BCUT2D eigenvalue weighted by Gasteiger charge is 2.58. The fourth-order valence-corrected chi connectivity index (χ4v) is 11.0. The van der Waals surface area contributed by atoms with E-state index in [4.69, 9.17) is 19.4 Å². The van der Waals surface area contributed by atoms with Gasteiger partial charge in [-0.05, 0) is 110 Å². The Balaban J connectivity index is 0.824. The Labute approximate surface area is 371 Å². The Morgan fingerprint density at radius 1 is 0.703 bits per heavy atom. The minimum Gasteiger partial charge on any atom is -0.465 e. The minimum absolute atomic E-state index is 0.0129. The summed E-state index contributed by atoms with van der Waals surface area (Å²) in [6.45, 7) is 7.74. The Hall–Kier alpha value is -6.22. The molecule has 0 bridgehead atoms. The first kappa shape index (κ1) is 41.8. The van der Waals surface area contributed by atoms with E-state index in [9.17, 15) is 24.3 Å². The van der Waals surface area contributed by atoms with E-state index in [1.807, 2.05) is 49.9 Å². The smallest absolute Gasteiger partial charge is 0.407 e. The van der Waals surface area contributed by atoms with Crippen LogP contribution in [0.4, 0.5) is 9.59 Å². The van der Waals surface area contributed by atoms with Crippen LogP contribution >= 0.6 is 0 Å². The van der Waals surface area contributed by atoms with Crippen molar-refractivity contribution in [2.24, 2.45) is 23.7 Å². The van der Waals surface area contributed by atoms with Crippen molar-refractivity contribution in [3.8, 4) is 33.6 Å². The number of alkyl carbamates (subject to hydrolysis) is 1. The first-order valence-electron chi connectivity index (χ1n) is 22.7. The third kappa shape index (κ3) is 7.88. The summed E-state index contributed by atoms with van der Waals surface area (Å²) in [5.74, 6) is 1.79. The van der Waals surface area contributed by atoms with Gasteiger partial charge < -0.3 is 45.0 Å². The van der Waals surface area contributed by atoms with Gasteiger partial charge in [0.05, 0.1) is 42.8 Å². The molecule has 0 spiro atoms. The number of nitrogens with one attached hydrogen (secondary N) is 4. The molecule has 3 aromatic carbocycles. The number of amides is 4. The number of carbonyl (C=O) groups excluding carboxylic acids is 3. The van der Waals surface area contributed by atoms with Crippen LogP contribution in [0.15, 0.2) is 73.1 Å². The maximum Gasteiger partial charge on any atom is 0.407 e. The van der Waals surface area contributed by atoms with Crippen molar-refractivity contribution >= 4 is 34.8 Å². The molecule has 5 N–H and O–H groups in total. The van der Waals surface area contributed by atoms with Crippen LogP contribution in [0.3, 0.4) is 0 Å². The maximum absolute atomic E-state index is 14.4. The van der Waals surface area contributed by atoms with E-state index in [0.717, 1.165) is 81.7 Å². The monoisotopic (exact) mass is 868 g/mol. The van der Waals surface area contributed by atoms with E-state index >= 15 is 0 Å². The van der Waals surface area contributed by atoms with E-state index in [1.54, 1.807) is 0 Å². The molecule has 5 aromatic rings. The van der Waals surface area contributed by atoms with E-state index in [1.165, 1.54) is 7.11 Å². The van der Waals surface area contributed by atoms with E-state index < -0.39 is 24.3 Å². The molecule has 64 heavy (non-hydrogen) atoms. The number of rotatable bonds is 11. The van der Waals surface area contributed by atoms with Gasteiger partial charge in [0.2, 0.25) is 11.8 Å². The second-order valence-electron chi connectivity index (χ2n) is 19.1. The van der Waals surface area contributed by atoms with Crippen LogP contribution in [0, 0.1) is 23.7 Å². The van der Waals surface area contributed by atoms with Gasteiger partial charge in [-0.1, -0.05) is 62.4 Å². The highest BCUT2D eigenvalue weighted by Crippen LogP contribution is 2.55. The van der Waals surface area contributed by atoms with Gasteiger partial charge in [-0.15, -0.1) is 0 Å². The number of likely N-dealkylation sites (tertiary alicyclic amines) is 2. The van der Waals surface area contributed by atoms with Crippen LogP contribution < -0.4 is 10.6 Å². The van der Waals surface area contributed by atoms with Crippen LogP contribution in [0.25, 0.3) is 44.4 Å². The average Bonchev–Trinajstić information content (AvgIpc) is 3.86. The van der Waals surface area contributed by atoms with Gasteiger partial charge in [0, 0.05) is 35.6 Å². The molecule has 1 unspecified atom stereocenters. The Bertz CT molecular complexity index is 2600. The standard InChI is InChI=1S/C49H56N8O7/c1-24(2)42(54-48(60)61)46(58)56-38-18-33(38)20-40(56)44-50-22-36(52-44)28-8-6-27(7-9-28)29-10-11-31-17-32(13-12-30(31)16-29)37-23-51-45(53-37)41-21-34-19-39(34)57(41)47(59)43(55-49(62)63-5)35-14-25(3)64-26(4)15-35/h6-13,16-17,22-26,33-35,38-43,54H,14-15,18-21H2,1-5H3,(H,50,52)(H,51,53)(H,55,62)(H,60,61)/t25-,26+,33-,34-,35+,38-,39-,40+,41+,42+,43?/m1/s1. The fourth-order valence-electron chi connectivity index (χ4n) is 11.0. The maximum atomic E-state index is 14.4. The second-order valence-corrected chi connectivity index (χ2v) is 19.1. The minimum atomic E-state index is -1.20. The molecule has 15 nitrogen and oxygen atoms in total. The number of ether oxygens (including phenoxy) is 2. The van der Waals surface area contributed by atoms with Crippen LogP contribution in [0.1, 0.15) is 90.0 Å². The normalized spacial score (nSPS) is 27.8. The summed E-state index contributed by atoms with van der Waals surface area (Å²) in [6, 6.07) is 19.4. The molecule has 10 rings (SSSR count). The first-order valence-corrected chi connectivity index (χ1v) is 22.7. The molecule has 5 heterocycles. The lowest BCUT2D eigenvalue weighted by molar-refractivity contribution is -0.140. The lowest BCUT2D eigenvalue weighted by Gasteiger charge is -2.38. The topological polar surface area (TPSA) is 195 Å². The van der Waals surface area contributed by atoms with Crippen LogP contribution in [-0.2, 0) is 19.1 Å². The van der Waals surface area contributed by atoms with Gasteiger partial charge >= 0.3 is 12.2 Å². The third-order valence-electron chi connectivity index (χ3n) is 14.3. The van der Waals surface area contributed by atoms with Crippen molar-refractivity contribution in [3.63, 3.8) is 0 Å². The molecule has 2 aliphatic carbocycles. The number of H-pyrrole nitrogens is 2. The number of fused-ring (bicyclic) bond motifs is 3. The highest BCUT2D eigenvalue weighted by molar-refractivity contribution is 5.91. The lowest BCUT2D eigenvalue weighted by Crippen LogP contribution is -2.55. The van der Waals surface area contributed by atoms with Crippen molar-refractivity contribution in [1.82, 2.24) is 40.4 Å². The predicted molar refractivity (Wildman–Crippen MR) is 239 cm³/mol. The summed E-state index contributed by atoms with van der Waals surface area (Å²) >= 11 is 0. The van der Waals surface area contributed by atoms with Crippen molar-refractivity contribution in [1.29, 1.82) is 0 Å². The summed E-state index contributed by atoms with van der Waals surface area (Å²) in [5.41, 5.74) is 5.67. The zero-order chi connectivity index (χ0) is 44.6. The summed E-state index contributed by atoms with van der Waals surface area (Å²) < 4.78 is 10.9. The van der Waals surface area contributed by atoms with Crippen molar-refractivity contribution in [2.45, 2.75) is 115 Å². The predicted octanol–water partition coefficient (Wildman–Crippen LogP) is 7.83.